The lowest BCUT2D eigenvalue weighted by Gasteiger charge is -2.45. The van der Waals surface area contributed by atoms with Gasteiger partial charge in [-0.2, -0.15) is 0 Å². The van der Waals surface area contributed by atoms with E-state index in [0.29, 0.717) is 0 Å². The number of hydrogen-bond acceptors (Lipinski definition) is 8. The molecule has 101 heavy (non-hydrogen) atoms. The van der Waals surface area contributed by atoms with Gasteiger partial charge < -0.3 is 28.7 Å². The van der Waals surface area contributed by atoms with Crippen molar-refractivity contribution >= 4 is 145 Å². The molecule has 0 N–H and O–H groups in total. The van der Waals surface area contributed by atoms with Crippen LogP contribution in [-0.2, 0) is 32.5 Å². The first-order valence-electron chi connectivity index (χ1n) is 37.4. The Balaban J connectivity index is 0.988. The number of benzene rings is 9. The second-order valence-electron chi connectivity index (χ2n) is 34.7. The summed E-state index contributed by atoms with van der Waals surface area (Å²) in [5.74, 6) is 7.18. The van der Waals surface area contributed by atoms with Crippen LogP contribution in [-0.4, -0.2) is 20.1 Å². The molecule has 17 rings (SSSR count). The summed E-state index contributed by atoms with van der Waals surface area (Å²) in [4.78, 5) is 5.28. The third-order valence-electron chi connectivity index (χ3n) is 25.6. The number of rotatable bonds is 12. The van der Waals surface area contributed by atoms with Gasteiger partial charge >= 0.3 is 0 Å². The van der Waals surface area contributed by atoms with Gasteiger partial charge in [0.25, 0.3) is 20.1 Å². The second kappa shape index (κ2) is 22.5. The Kier molecular flexibility index (Phi) is 14.7. The Morgan fingerprint density at radius 3 is 1.22 bits per heavy atom. The van der Waals surface area contributed by atoms with E-state index in [1.807, 2.05) is 22.7 Å². The molecule has 0 atom stereocenters. The van der Waals surface area contributed by atoms with Crippen molar-refractivity contribution in [2.45, 2.75) is 210 Å². The fraction of sp³-hybridized carbons (Fsp3) is 0.356. The highest BCUT2D eigenvalue weighted by Crippen LogP contribution is 2.53. The highest BCUT2D eigenvalue weighted by molar-refractivity contribution is 7.34. The first-order valence-corrected chi connectivity index (χ1v) is 39.1. The van der Waals surface area contributed by atoms with Gasteiger partial charge in [0.15, 0.2) is 0 Å². The first-order chi connectivity index (χ1) is 47.9. The van der Waals surface area contributed by atoms with Crippen LogP contribution < -0.4 is 76.5 Å². The highest BCUT2D eigenvalue weighted by Gasteiger charge is 2.52. The van der Waals surface area contributed by atoms with E-state index in [-0.39, 0.29) is 52.6 Å². The maximum absolute atomic E-state index is 7.76. The van der Waals surface area contributed by atoms with Crippen molar-refractivity contribution in [3.05, 3.63) is 184 Å². The fourth-order valence-corrected chi connectivity index (χ4v) is 19.6. The number of thiophene rings is 2. The van der Waals surface area contributed by atoms with Crippen LogP contribution in [0, 0.1) is 20.8 Å². The largest absolute Gasteiger partial charge is 0.458 e. The molecular weight excluding hydrogens is 1270 g/mol. The molecule has 510 valence electrons. The number of hydrogen-bond donors (Lipinski definition) is 0. The predicted molar refractivity (Wildman–Crippen MR) is 436 cm³/mol. The van der Waals surface area contributed by atoms with Crippen molar-refractivity contribution in [3.8, 4) is 46.0 Å². The maximum atomic E-state index is 7.76. The summed E-state index contributed by atoms with van der Waals surface area (Å²) in [5.41, 5.74) is 26.1. The van der Waals surface area contributed by atoms with Gasteiger partial charge in [-0.1, -0.05) is 179 Å². The zero-order chi connectivity index (χ0) is 71.0. The summed E-state index contributed by atoms with van der Waals surface area (Å²) in [6.07, 6.45) is 4.94. The minimum atomic E-state index is -0.265. The summed E-state index contributed by atoms with van der Waals surface area (Å²) >= 11 is 3.79. The zero-order valence-corrected chi connectivity index (χ0v) is 64.9. The van der Waals surface area contributed by atoms with Crippen molar-refractivity contribution < 1.29 is 18.9 Å². The molecule has 0 saturated heterocycles. The Bertz CT molecular complexity index is 5370. The Morgan fingerprint density at radius 2 is 0.723 bits per heavy atom. The minimum absolute atomic E-state index is 0.00664. The number of aryl methyl sites for hydroxylation is 3. The number of fused-ring (bicyclic) bond motifs is 16. The number of nitrogens with zero attached hydrogens (tertiary/aromatic N) is 2. The molecule has 9 aromatic carbocycles. The van der Waals surface area contributed by atoms with E-state index in [9.17, 15) is 0 Å². The van der Waals surface area contributed by atoms with E-state index < -0.39 is 0 Å². The van der Waals surface area contributed by atoms with Crippen LogP contribution in [0.1, 0.15) is 207 Å². The molecule has 6 aliphatic rings. The van der Waals surface area contributed by atoms with Crippen LogP contribution in [0.4, 0.5) is 34.1 Å². The molecule has 8 heterocycles. The van der Waals surface area contributed by atoms with Crippen LogP contribution >= 0.6 is 22.7 Å². The molecule has 0 unspecified atom stereocenters. The molecule has 2 aromatic heterocycles. The SMILES string of the molecule is CCC(C)(C)c1cc2c3c(c1)Oc1c(sc4ccc(C(C)(C)CC)cc14)B3c1cc3c(cc1O2)Oc1cc(C(C)(C)CC)cc2c1B3c1cc3c(cc1N2c1c(C)cc(C)cc1C)N(c1ccc(C(C)(C)C)cc1)c1cc(C(C)(C)CC)cc2c1B3c1sc3ccc(C(C)(C)CC)cc3c1O2. The van der Waals surface area contributed by atoms with Crippen molar-refractivity contribution in [2.24, 2.45) is 0 Å². The molecular formula is C90H95B3N2O4S2. The lowest BCUT2D eigenvalue weighted by Crippen LogP contribution is -2.64. The third-order valence-corrected chi connectivity index (χ3v) is 28.1. The standard InChI is InChI=1S/C90H95B3N2O4S2/c1-22-86(12,13)53-29-33-75-59(37-53)81-83(100-75)92-62-45-61-66(47-65(62)94(58-31-27-52(28-32-58)85(9,10)11)67-39-55(88(16,17)24-3)42-72(98-81)78(67)92)95(80-50(7)35-49(6)36-51(80)8)68-40-56(89(18,19)25-4)41-71-77(68)91(61)63-46-64-70(48-69(63)96-71)97-73-43-57(90(20,21)26-5)44-74-79(73)93(64)84-82(99-74)60-38-54(87(14,15)23-2)30-34-76(60)101-84/h27-48H,22-26H2,1-21H3. The summed E-state index contributed by atoms with van der Waals surface area (Å²) in [7, 11) is 0. The van der Waals surface area contributed by atoms with Gasteiger partial charge in [0.1, 0.15) is 46.0 Å². The first kappa shape index (κ1) is 66.2. The van der Waals surface area contributed by atoms with Crippen molar-refractivity contribution in [1.29, 1.82) is 0 Å². The fourth-order valence-electron chi connectivity index (χ4n) is 17.1. The molecule has 11 aromatic rings. The van der Waals surface area contributed by atoms with Crippen LogP contribution in [0.25, 0.3) is 20.2 Å². The maximum Gasteiger partial charge on any atom is 0.273 e. The monoisotopic (exact) mass is 1360 g/mol. The molecule has 11 heteroatoms. The van der Waals surface area contributed by atoms with Crippen LogP contribution in [0.5, 0.6) is 46.0 Å². The van der Waals surface area contributed by atoms with E-state index in [1.54, 1.807) is 0 Å². The van der Waals surface area contributed by atoms with Crippen molar-refractivity contribution in [1.82, 2.24) is 0 Å². The number of anilines is 6. The molecule has 6 nitrogen and oxygen atoms in total. The van der Waals surface area contributed by atoms with Crippen LogP contribution in [0.3, 0.4) is 0 Å². The van der Waals surface area contributed by atoms with Crippen LogP contribution in [0.2, 0.25) is 0 Å². The average Bonchev–Trinajstić information content (AvgIpc) is 1.44. The van der Waals surface area contributed by atoms with Crippen LogP contribution in [0.15, 0.2) is 133 Å². The van der Waals surface area contributed by atoms with E-state index in [0.717, 1.165) is 112 Å². The molecule has 6 aliphatic heterocycles. The predicted octanol–water partition coefficient (Wildman–Crippen LogP) is 20.3. The summed E-state index contributed by atoms with van der Waals surface area (Å²) < 4.78 is 35.3. The van der Waals surface area contributed by atoms with Gasteiger partial charge in [-0.25, -0.2) is 0 Å². The minimum Gasteiger partial charge on any atom is -0.458 e. The third kappa shape index (κ3) is 9.83. The van der Waals surface area contributed by atoms with Crippen molar-refractivity contribution in [3.63, 3.8) is 0 Å². The second-order valence-corrected chi connectivity index (χ2v) is 36.9. The Labute approximate surface area is 609 Å². The Hall–Kier alpha value is -8.11. The highest BCUT2D eigenvalue weighted by atomic mass is 32.1. The lowest BCUT2D eigenvalue weighted by molar-refractivity contribution is 0.447. The van der Waals surface area contributed by atoms with Gasteiger partial charge in [-0.15, -0.1) is 22.7 Å². The Morgan fingerprint density at radius 1 is 0.337 bits per heavy atom. The van der Waals surface area contributed by atoms with E-state index in [4.69, 9.17) is 18.9 Å². The van der Waals surface area contributed by atoms with Gasteiger partial charge in [0.2, 0.25) is 0 Å². The quantitative estimate of drug-likeness (QED) is 0.114. The molecule has 0 aliphatic carbocycles. The van der Waals surface area contributed by atoms with Crippen molar-refractivity contribution in [2.75, 3.05) is 9.80 Å². The van der Waals surface area contributed by atoms with Gasteiger partial charge in [0, 0.05) is 69.7 Å². The molecule has 0 radical (unpaired) electrons. The van der Waals surface area contributed by atoms with E-state index in [2.05, 4.69) is 289 Å². The summed E-state index contributed by atoms with van der Waals surface area (Å²) in [5, 5.41) is 2.37. The van der Waals surface area contributed by atoms with E-state index >= 15 is 0 Å². The van der Waals surface area contributed by atoms with Gasteiger partial charge in [0.05, 0.1) is 5.69 Å². The molecule has 0 amide bonds. The zero-order valence-electron chi connectivity index (χ0n) is 63.3. The smallest absolute Gasteiger partial charge is 0.273 e. The van der Waals surface area contributed by atoms with Gasteiger partial charge in [-0.05, 0) is 242 Å². The molecule has 0 bridgehead atoms. The lowest BCUT2D eigenvalue weighted by atomic mass is 9.30. The van der Waals surface area contributed by atoms with E-state index in [1.165, 1.54) is 119 Å². The van der Waals surface area contributed by atoms with Gasteiger partial charge in [-0.3, -0.25) is 0 Å². The normalized spacial score (nSPS) is 14.8. The molecule has 0 saturated carbocycles. The molecule has 0 fully saturated rings. The summed E-state index contributed by atoms with van der Waals surface area (Å²) in [6.45, 7) is 48.5. The number of ether oxygens (including phenoxy) is 4. The average molecular weight is 1370 g/mol. The topological polar surface area (TPSA) is 43.4 Å². The summed E-state index contributed by atoms with van der Waals surface area (Å²) in [6, 6.07) is 53.2. The molecule has 0 spiro atoms.